The maximum absolute atomic E-state index is 9.43. The highest BCUT2D eigenvalue weighted by Crippen LogP contribution is 1.94. The van der Waals surface area contributed by atoms with Crippen LogP contribution in [0.5, 0.6) is 0 Å². The van der Waals surface area contributed by atoms with Crippen LogP contribution in [-0.4, -0.2) is 11.0 Å². The monoisotopic (exact) mass is 137 g/mol. The summed E-state index contributed by atoms with van der Waals surface area (Å²) in [4.78, 5) is 13.2. The molecule has 0 unspecified atom stereocenters. The number of halogens is 1. The van der Waals surface area contributed by atoms with E-state index in [2.05, 4.69) is 11.4 Å². The molecule has 0 spiro atoms. The van der Waals surface area contributed by atoms with Gasteiger partial charge in [-0.1, -0.05) is 6.58 Å². The largest absolute Gasteiger partial charge is 0.299 e. The van der Waals surface area contributed by atoms with Crippen molar-refractivity contribution < 1.29 is 9.92 Å². The normalized spacial score (nSPS) is 8.12. The van der Waals surface area contributed by atoms with E-state index in [1.807, 2.05) is 0 Å². The molecular weight excluding hydrogens is 133 g/mol. The minimum atomic E-state index is -0.954. The molecule has 0 aliphatic carbocycles. The van der Waals surface area contributed by atoms with Gasteiger partial charge >= 0.3 is 0 Å². The Labute approximate surface area is 50.8 Å². The van der Waals surface area contributed by atoms with Crippen LogP contribution >= 0.6 is 11.6 Å². The molecule has 5 heteroatoms. The van der Waals surface area contributed by atoms with Gasteiger partial charge in [-0.05, 0) is 0 Å². The lowest BCUT2D eigenvalue weighted by atomic mass is 10.7. The highest BCUT2D eigenvalue weighted by atomic mass is 35.5. The third-order valence-electron chi connectivity index (χ3n) is 0.353. The molecule has 0 amide bonds. The summed E-state index contributed by atoms with van der Waals surface area (Å²) in [6, 6.07) is 0. The standard InChI is InChI=1S/C3H4ClNO3/c1-3(2-4)8-5(6)7/h1-2H2. The maximum atomic E-state index is 9.43. The average molecular weight is 138 g/mol. The van der Waals surface area contributed by atoms with Gasteiger partial charge in [0.15, 0.2) is 0 Å². The van der Waals surface area contributed by atoms with E-state index < -0.39 is 5.09 Å². The Hall–Kier alpha value is -0.770. The molecule has 0 heterocycles. The van der Waals surface area contributed by atoms with Crippen molar-refractivity contribution in [3.05, 3.63) is 22.5 Å². The summed E-state index contributed by atoms with van der Waals surface area (Å²) in [5, 5.41) is 8.48. The summed E-state index contributed by atoms with van der Waals surface area (Å²) in [5.74, 6) is -0.113. The third-order valence-corrected chi connectivity index (χ3v) is 0.651. The quantitative estimate of drug-likeness (QED) is 0.252. The molecule has 46 valence electrons. The predicted molar refractivity (Wildman–Crippen MR) is 27.9 cm³/mol. The van der Waals surface area contributed by atoms with Gasteiger partial charge in [0.1, 0.15) is 5.76 Å². The predicted octanol–water partition coefficient (Wildman–Crippen LogP) is 0.947. The molecule has 0 atom stereocenters. The van der Waals surface area contributed by atoms with Crippen molar-refractivity contribution in [2.45, 2.75) is 0 Å². The van der Waals surface area contributed by atoms with E-state index in [1.165, 1.54) is 0 Å². The molecule has 0 aliphatic rings. The van der Waals surface area contributed by atoms with Crippen LogP contribution in [0.4, 0.5) is 0 Å². The topological polar surface area (TPSA) is 52.4 Å². The Balaban J connectivity index is 3.40. The number of hydrogen-bond donors (Lipinski definition) is 0. The van der Waals surface area contributed by atoms with Crippen LogP contribution in [0.2, 0.25) is 0 Å². The minimum absolute atomic E-state index is 0.0546. The summed E-state index contributed by atoms with van der Waals surface area (Å²) < 4.78 is 0. The second-order valence-electron chi connectivity index (χ2n) is 0.987. The number of hydrogen-bond acceptors (Lipinski definition) is 3. The van der Waals surface area contributed by atoms with Crippen molar-refractivity contribution in [2.75, 3.05) is 5.88 Å². The maximum Gasteiger partial charge on any atom is 0.299 e. The Kier molecular flexibility index (Phi) is 2.95. The first-order chi connectivity index (χ1) is 3.66. The molecule has 8 heavy (non-hydrogen) atoms. The first kappa shape index (κ1) is 7.23. The van der Waals surface area contributed by atoms with Crippen LogP contribution in [0, 0.1) is 10.1 Å². The van der Waals surface area contributed by atoms with Crippen molar-refractivity contribution in [1.82, 2.24) is 0 Å². The van der Waals surface area contributed by atoms with Gasteiger partial charge < -0.3 is 0 Å². The zero-order valence-corrected chi connectivity index (χ0v) is 4.72. The van der Waals surface area contributed by atoms with E-state index in [-0.39, 0.29) is 11.6 Å². The summed E-state index contributed by atoms with van der Waals surface area (Å²) in [6.07, 6.45) is 0. The van der Waals surface area contributed by atoms with Crippen LogP contribution < -0.4 is 0 Å². The Morgan fingerprint density at radius 2 is 2.50 bits per heavy atom. The van der Waals surface area contributed by atoms with Crippen molar-refractivity contribution in [2.24, 2.45) is 0 Å². The van der Waals surface area contributed by atoms with Crippen LogP contribution in [0.3, 0.4) is 0 Å². The summed E-state index contributed by atoms with van der Waals surface area (Å²) >= 11 is 5.07. The summed E-state index contributed by atoms with van der Waals surface area (Å²) in [6.45, 7) is 3.12. The van der Waals surface area contributed by atoms with E-state index in [1.54, 1.807) is 0 Å². The van der Waals surface area contributed by atoms with Gasteiger partial charge in [-0.15, -0.1) is 21.7 Å². The van der Waals surface area contributed by atoms with Gasteiger partial charge in [0.25, 0.3) is 5.09 Å². The number of allylic oxidation sites excluding steroid dienone is 1. The van der Waals surface area contributed by atoms with E-state index in [0.29, 0.717) is 0 Å². The van der Waals surface area contributed by atoms with Gasteiger partial charge in [0.05, 0.1) is 5.88 Å². The molecule has 0 bridgehead atoms. The van der Waals surface area contributed by atoms with Crippen molar-refractivity contribution in [3.63, 3.8) is 0 Å². The van der Waals surface area contributed by atoms with Gasteiger partial charge in [0.2, 0.25) is 0 Å². The van der Waals surface area contributed by atoms with Crippen molar-refractivity contribution in [3.8, 4) is 0 Å². The summed E-state index contributed by atoms with van der Waals surface area (Å²) in [5.41, 5.74) is 0. The number of nitrogens with zero attached hydrogens (tertiary/aromatic N) is 1. The molecule has 0 N–H and O–H groups in total. The second kappa shape index (κ2) is 3.26. The molecule has 0 rings (SSSR count). The molecular formula is C3H4ClNO3. The lowest BCUT2D eigenvalue weighted by Crippen LogP contribution is -1.99. The fourth-order valence-electron chi connectivity index (χ4n) is 0.130. The van der Waals surface area contributed by atoms with E-state index in [0.717, 1.165) is 0 Å². The lowest BCUT2D eigenvalue weighted by molar-refractivity contribution is -0.742. The van der Waals surface area contributed by atoms with Gasteiger partial charge in [-0.2, -0.15) is 0 Å². The molecule has 0 saturated heterocycles. The zero-order valence-electron chi connectivity index (χ0n) is 3.96. The molecule has 0 fully saturated rings. The summed E-state index contributed by atoms with van der Waals surface area (Å²) in [7, 11) is 0. The fourth-order valence-corrected chi connectivity index (χ4v) is 0.179. The first-order valence-corrected chi connectivity index (χ1v) is 2.26. The van der Waals surface area contributed by atoms with Crippen molar-refractivity contribution in [1.29, 1.82) is 0 Å². The number of rotatable bonds is 3. The fraction of sp³-hybridized carbons (Fsp3) is 0.333. The van der Waals surface area contributed by atoms with E-state index in [4.69, 9.17) is 11.6 Å². The molecule has 0 aromatic rings. The lowest BCUT2D eigenvalue weighted by Gasteiger charge is -1.93. The van der Waals surface area contributed by atoms with Gasteiger partial charge in [0, 0.05) is 0 Å². The minimum Gasteiger partial charge on any atom is -0.280 e. The molecule has 0 aliphatic heterocycles. The Bertz CT molecular complexity index is 113. The van der Waals surface area contributed by atoms with Gasteiger partial charge in [-0.25, -0.2) is 0 Å². The van der Waals surface area contributed by atoms with Gasteiger partial charge in [-0.3, -0.25) is 4.84 Å². The second-order valence-corrected chi connectivity index (χ2v) is 1.25. The SMILES string of the molecule is C=C(CCl)O[N+](=O)[O-]. The van der Waals surface area contributed by atoms with Crippen molar-refractivity contribution >= 4 is 11.6 Å². The van der Waals surface area contributed by atoms with E-state index in [9.17, 15) is 10.1 Å². The Morgan fingerprint density at radius 1 is 2.00 bits per heavy atom. The van der Waals surface area contributed by atoms with Crippen LogP contribution in [0.15, 0.2) is 12.3 Å². The van der Waals surface area contributed by atoms with Crippen LogP contribution in [0.25, 0.3) is 0 Å². The molecule has 4 nitrogen and oxygen atoms in total. The third kappa shape index (κ3) is 3.42. The zero-order chi connectivity index (χ0) is 6.57. The smallest absolute Gasteiger partial charge is 0.280 e. The number of alkyl halides is 1. The first-order valence-electron chi connectivity index (χ1n) is 1.73. The Morgan fingerprint density at radius 3 is 2.62 bits per heavy atom. The molecule has 0 aromatic carbocycles. The highest BCUT2D eigenvalue weighted by molar-refractivity contribution is 6.19. The molecule has 0 radical (unpaired) electrons. The van der Waals surface area contributed by atoms with E-state index >= 15 is 0 Å². The molecule has 0 saturated carbocycles. The average Bonchev–Trinajstić information content (AvgIpc) is 1.65. The van der Waals surface area contributed by atoms with Crippen LogP contribution in [-0.2, 0) is 4.84 Å². The van der Waals surface area contributed by atoms with Crippen LogP contribution in [0.1, 0.15) is 0 Å². The molecule has 0 aromatic heterocycles. The highest BCUT2D eigenvalue weighted by Gasteiger charge is 1.95.